The number of carbonyl (C=O) groups excluding carboxylic acids is 3. The number of aryl methyl sites for hydroxylation is 1. The van der Waals surface area contributed by atoms with Crippen molar-refractivity contribution < 1.29 is 33.3 Å². The van der Waals surface area contributed by atoms with Crippen LogP contribution in [0.1, 0.15) is 15.9 Å². The summed E-state index contributed by atoms with van der Waals surface area (Å²) in [6.45, 7) is 1.82. The summed E-state index contributed by atoms with van der Waals surface area (Å²) in [5, 5.41) is 0. The van der Waals surface area contributed by atoms with Gasteiger partial charge in [-0.15, -0.1) is 0 Å². The number of Topliss-reactive ketones (excluding diaryl/α,β-unsaturated/α-hetero) is 1. The molecule has 130 valence electrons. The van der Waals surface area contributed by atoms with E-state index in [-0.39, 0.29) is 22.6 Å². The maximum atomic E-state index is 13.3. The molecule has 1 aliphatic carbocycles. The van der Waals surface area contributed by atoms with Gasteiger partial charge in [0, 0.05) is 12.2 Å². The molecule has 7 heteroatoms. The Bertz CT molecular complexity index is 862. The number of fused-ring (bicyclic) bond motifs is 1. The van der Waals surface area contributed by atoms with Crippen LogP contribution in [0.4, 0.5) is 0 Å². The van der Waals surface area contributed by atoms with Gasteiger partial charge in [0.25, 0.3) is 5.60 Å². The molecule has 0 saturated heterocycles. The largest absolute Gasteiger partial charge is 0.496 e. The minimum absolute atomic E-state index is 0.0821. The number of benzene rings is 1. The summed E-state index contributed by atoms with van der Waals surface area (Å²) in [4.78, 5) is 37.5. The van der Waals surface area contributed by atoms with Crippen LogP contribution >= 0.6 is 0 Å². The van der Waals surface area contributed by atoms with Crippen molar-refractivity contribution in [3.63, 3.8) is 0 Å². The highest BCUT2D eigenvalue weighted by atomic mass is 16.6. The van der Waals surface area contributed by atoms with Crippen molar-refractivity contribution in [1.29, 1.82) is 0 Å². The fourth-order valence-electron chi connectivity index (χ4n) is 3.08. The van der Waals surface area contributed by atoms with E-state index in [0.717, 1.165) is 24.8 Å². The molecule has 0 bridgehead atoms. The van der Waals surface area contributed by atoms with E-state index in [9.17, 15) is 14.4 Å². The molecule has 0 fully saturated rings. The van der Waals surface area contributed by atoms with Crippen molar-refractivity contribution in [3.05, 3.63) is 46.7 Å². The Morgan fingerprint density at radius 1 is 1.08 bits per heavy atom. The Kier molecular flexibility index (Phi) is 3.87. The maximum Gasteiger partial charge on any atom is 0.338 e. The maximum absolute atomic E-state index is 13.3. The average Bonchev–Trinajstić information content (AvgIpc) is 2.88. The standard InChI is InChI=1S/C18H16O7/c1-9-5-12(22-2)15-13(6-9)25-18(16(15)20)11(17(21)24-4)7-10(19)8-14(18)23-3/h5-8H,1-4H3/t18-/m0/s1. The number of hydrogen-bond acceptors (Lipinski definition) is 7. The zero-order valence-electron chi connectivity index (χ0n) is 14.2. The highest BCUT2D eigenvalue weighted by molar-refractivity contribution is 6.21. The number of allylic oxidation sites excluding steroid dienone is 2. The zero-order chi connectivity index (χ0) is 18.4. The molecule has 25 heavy (non-hydrogen) atoms. The molecule has 1 atom stereocenters. The van der Waals surface area contributed by atoms with E-state index >= 15 is 0 Å². The Labute approximate surface area is 143 Å². The molecule has 0 aromatic heterocycles. The predicted molar refractivity (Wildman–Crippen MR) is 85.6 cm³/mol. The summed E-state index contributed by atoms with van der Waals surface area (Å²) in [6.07, 6.45) is 2.15. The Morgan fingerprint density at radius 2 is 1.80 bits per heavy atom. The van der Waals surface area contributed by atoms with Gasteiger partial charge in [0.2, 0.25) is 5.78 Å². The summed E-state index contributed by atoms with van der Waals surface area (Å²) in [7, 11) is 3.88. The number of esters is 1. The number of methoxy groups -OCH3 is 3. The third-order valence-electron chi connectivity index (χ3n) is 4.15. The van der Waals surface area contributed by atoms with Crippen molar-refractivity contribution in [3.8, 4) is 11.5 Å². The second kappa shape index (κ2) is 5.77. The van der Waals surface area contributed by atoms with Crippen LogP contribution in [-0.4, -0.2) is 44.5 Å². The van der Waals surface area contributed by atoms with Crippen LogP contribution in [0.3, 0.4) is 0 Å². The van der Waals surface area contributed by atoms with Crippen LogP contribution in [0.5, 0.6) is 11.5 Å². The number of carbonyl (C=O) groups is 3. The van der Waals surface area contributed by atoms with E-state index in [1.807, 2.05) is 6.92 Å². The first-order valence-electron chi connectivity index (χ1n) is 7.42. The Balaban J connectivity index is 2.28. The van der Waals surface area contributed by atoms with Crippen molar-refractivity contribution in [1.82, 2.24) is 0 Å². The highest BCUT2D eigenvalue weighted by Gasteiger charge is 2.60. The van der Waals surface area contributed by atoms with Gasteiger partial charge in [0.1, 0.15) is 22.6 Å². The van der Waals surface area contributed by atoms with E-state index in [4.69, 9.17) is 18.9 Å². The normalized spacial score (nSPS) is 21.3. The molecule has 3 rings (SSSR count). The minimum atomic E-state index is -1.90. The molecule has 1 spiro atoms. The van der Waals surface area contributed by atoms with Crippen molar-refractivity contribution in [2.24, 2.45) is 0 Å². The summed E-state index contributed by atoms with van der Waals surface area (Å²) in [5.41, 5.74) is -1.15. The van der Waals surface area contributed by atoms with Crippen LogP contribution in [0.25, 0.3) is 0 Å². The molecule has 0 amide bonds. The monoisotopic (exact) mass is 344 g/mol. The third kappa shape index (κ3) is 2.23. The van der Waals surface area contributed by atoms with Gasteiger partial charge in [-0.1, -0.05) is 0 Å². The molecule has 2 aliphatic rings. The summed E-state index contributed by atoms with van der Waals surface area (Å²) in [5.74, 6) is -1.44. The molecule has 0 radical (unpaired) electrons. The Morgan fingerprint density at radius 3 is 2.40 bits per heavy atom. The van der Waals surface area contributed by atoms with Gasteiger partial charge in [-0.3, -0.25) is 9.59 Å². The first-order chi connectivity index (χ1) is 11.9. The fourth-order valence-corrected chi connectivity index (χ4v) is 3.08. The molecule has 1 aromatic carbocycles. The lowest BCUT2D eigenvalue weighted by atomic mass is 9.81. The van der Waals surface area contributed by atoms with E-state index in [1.165, 1.54) is 14.2 Å². The van der Waals surface area contributed by atoms with Crippen LogP contribution in [0.2, 0.25) is 0 Å². The SMILES string of the molecule is COC(=O)C1=CC(=O)C=C(OC)[C@@]12Oc1cc(C)cc(OC)c1C2=O. The van der Waals surface area contributed by atoms with Crippen LogP contribution < -0.4 is 9.47 Å². The van der Waals surface area contributed by atoms with Gasteiger partial charge in [-0.25, -0.2) is 4.79 Å². The van der Waals surface area contributed by atoms with Gasteiger partial charge in [-0.2, -0.15) is 0 Å². The summed E-state index contributed by atoms with van der Waals surface area (Å²) < 4.78 is 21.2. The van der Waals surface area contributed by atoms with Crippen molar-refractivity contribution in [2.45, 2.75) is 12.5 Å². The molecule has 7 nitrogen and oxygen atoms in total. The van der Waals surface area contributed by atoms with Crippen LogP contribution in [-0.2, 0) is 19.1 Å². The molecular weight excluding hydrogens is 328 g/mol. The molecule has 1 heterocycles. The second-order valence-corrected chi connectivity index (χ2v) is 5.62. The lowest BCUT2D eigenvalue weighted by molar-refractivity contribution is -0.138. The minimum Gasteiger partial charge on any atom is -0.496 e. The average molecular weight is 344 g/mol. The molecular formula is C18H16O7. The molecule has 1 aliphatic heterocycles. The molecule has 0 N–H and O–H groups in total. The van der Waals surface area contributed by atoms with Gasteiger partial charge < -0.3 is 18.9 Å². The van der Waals surface area contributed by atoms with Crippen LogP contribution in [0, 0.1) is 6.92 Å². The molecule has 0 unspecified atom stereocenters. The first kappa shape index (κ1) is 16.8. The quantitative estimate of drug-likeness (QED) is 0.768. The smallest absolute Gasteiger partial charge is 0.338 e. The van der Waals surface area contributed by atoms with Gasteiger partial charge >= 0.3 is 5.97 Å². The van der Waals surface area contributed by atoms with Gasteiger partial charge in [-0.05, 0) is 24.6 Å². The number of hydrogen-bond donors (Lipinski definition) is 0. The predicted octanol–water partition coefficient (Wildman–Crippen LogP) is 1.53. The number of ether oxygens (including phenoxy) is 4. The van der Waals surface area contributed by atoms with E-state index < -0.39 is 23.1 Å². The fraction of sp³-hybridized carbons (Fsp3) is 0.278. The van der Waals surface area contributed by atoms with Crippen molar-refractivity contribution in [2.75, 3.05) is 21.3 Å². The third-order valence-corrected chi connectivity index (χ3v) is 4.15. The zero-order valence-corrected chi connectivity index (χ0v) is 14.2. The van der Waals surface area contributed by atoms with Gasteiger partial charge in [0.05, 0.1) is 21.3 Å². The van der Waals surface area contributed by atoms with Crippen molar-refractivity contribution >= 4 is 17.5 Å². The lowest BCUT2D eigenvalue weighted by Crippen LogP contribution is -2.49. The summed E-state index contributed by atoms with van der Waals surface area (Å²) >= 11 is 0. The van der Waals surface area contributed by atoms with E-state index in [2.05, 4.69) is 0 Å². The van der Waals surface area contributed by atoms with Crippen LogP contribution in [0.15, 0.2) is 35.6 Å². The van der Waals surface area contributed by atoms with E-state index in [1.54, 1.807) is 12.1 Å². The first-order valence-corrected chi connectivity index (χ1v) is 7.42. The topological polar surface area (TPSA) is 88.1 Å². The lowest BCUT2D eigenvalue weighted by Gasteiger charge is -2.31. The van der Waals surface area contributed by atoms with E-state index in [0.29, 0.717) is 5.75 Å². The summed E-state index contributed by atoms with van der Waals surface area (Å²) in [6, 6.07) is 3.34. The second-order valence-electron chi connectivity index (χ2n) is 5.62. The number of rotatable bonds is 3. The highest BCUT2D eigenvalue weighted by Crippen LogP contribution is 2.48. The Hall–Kier alpha value is -3.09. The number of ketones is 2. The molecule has 1 aromatic rings. The van der Waals surface area contributed by atoms with Gasteiger partial charge in [0.15, 0.2) is 11.5 Å². The molecule has 0 saturated carbocycles.